The van der Waals surface area contributed by atoms with Crippen LogP contribution >= 0.6 is 24.0 Å². The first-order valence-electron chi connectivity index (χ1n) is 8.26. The molecule has 0 aliphatic carbocycles. The van der Waals surface area contributed by atoms with Gasteiger partial charge in [-0.2, -0.15) is 0 Å². The molecular formula is C17H31IN4O2. The van der Waals surface area contributed by atoms with Crippen molar-refractivity contribution >= 4 is 35.8 Å². The van der Waals surface area contributed by atoms with E-state index in [2.05, 4.69) is 27.9 Å². The van der Waals surface area contributed by atoms with Crippen molar-refractivity contribution in [2.24, 2.45) is 4.99 Å². The first-order chi connectivity index (χ1) is 10.9. The summed E-state index contributed by atoms with van der Waals surface area (Å²) < 4.78 is 5.30. The van der Waals surface area contributed by atoms with Crippen LogP contribution in [0.3, 0.4) is 0 Å². The summed E-state index contributed by atoms with van der Waals surface area (Å²) in [6.45, 7) is 9.65. The fourth-order valence-corrected chi connectivity index (χ4v) is 1.93. The Morgan fingerprint density at radius 3 is 2.54 bits per heavy atom. The number of hydrogen-bond acceptors (Lipinski definition) is 3. The Bertz CT molecular complexity index is 481. The summed E-state index contributed by atoms with van der Waals surface area (Å²) in [4.78, 5) is 16.2. The van der Waals surface area contributed by atoms with Crippen LogP contribution in [-0.4, -0.2) is 37.0 Å². The molecule has 0 spiro atoms. The van der Waals surface area contributed by atoms with E-state index < -0.39 is 0 Å². The van der Waals surface area contributed by atoms with Crippen molar-refractivity contribution in [3.05, 3.63) is 24.2 Å². The van der Waals surface area contributed by atoms with Crippen LogP contribution in [0, 0.1) is 0 Å². The summed E-state index contributed by atoms with van der Waals surface area (Å²) in [5, 5.41) is 9.38. The summed E-state index contributed by atoms with van der Waals surface area (Å²) in [6.07, 6.45) is 4.61. The Labute approximate surface area is 162 Å². The van der Waals surface area contributed by atoms with E-state index >= 15 is 0 Å². The maximum Gasteiger partial charge on any atom is 0.242 e. The van der Waals surface area contributed by atoms with Crippen molar-refractivity contribution in [3.63, 3.8) is 0 Å². The average Bonchev–Trinajstić information content (AvgIpc) is 2.95. The van der Waals surface area contributed by atoms with Crippen LogP contribution in [0.25, 0.3) is 0 Å². The number of amides is 1. The second kappa shape index (κ2) is 12.2. The van der Waals surface area contributed by atoms with Gasteiger partial charge in [-0.15, -0.1) is 24.0 Å². The Morgan fingerprint density at radius 2 is 1.96 bits per heavy atom. The molecule has 1 aromatic heterocycles. The molecule has 0 saturated heterocycles. The molecule has 1 heterocycles. The minimum atomic E-state index is -0.241. The van der Waals surface area contributed by atoms with E-state index in [0.29, 0.717) is 12.5 Å². The van der Waals surface area contributed by atoms with Crippen molar-refractivity contribution in [2.45, 2.75) is 52.5 Å². The Kier molecular flexibility index (Phi) is 11.5. The van der Waals surface area contributed by atoms with Gasteiger partial charge in [-0.05, 0) is 39.3 Å². The average molecular weight is 450 g/mol. The normalized spacial score (nSPS) is 11.6. The van der Waals surface area contributed by atoms with Crippen molar-refractivity contribution < 1.29 is 9.21 Å². The second-order valence-corrected chi connectivity index (χ2v) is 6.50. The topological polar surface area (TPSA) is 78.7 Å². The highest BCUT2D eigenvalue weighted by molar-refractivity contribution is 14.0. The van der Waals surface area contributed by atoms with E-state index in [1.807, 2.05) is 32.9 Å². The van der Waals surface area contributed by atoms with Crippen molar-refractivity contribution in [1.82, 2.24) is 16.0 Å². The molecule has 0 fully saturated rings. The zero-order valence-electron chi connectivity index (χ0n) is 15.1. The summed E-state index contributed by atoms with van der Waals surface area (Å²) in [5.41, 5.74) is -0.241. The van der Waals surface area contributed by atoms with Gasteiger partial charge in [0.2, 0.25) is 5.91 Å². The quantitative estimate of drug-likeness (QED) is 0.246. The first kappa shape index (κ1) is 22.8. The fraction of sp³-hybridized carbons (Fsp3) is 0.647. The van der Waals surface area contributed by atoms with Crippen LogP contribution < -0.4 is 16.0 Å². The molecule has 3 N–H and O–H groups in total. The molecule has 138 valence electrons. The molecule has 0 aromatic carbocycles. The lowest BCUT2D eigenvalue weighted by atomic mass is 10.1. The third-order valence-corrected chi connectivity index (χ3v) is 2.96. The Balaban J connectivity index is 0.00000529. The number of hydrogen-bond donors (Lipinski definition) is 3. The van der Waals surface area contributed by atoms with Crippen molar-refractivity contribution in [1.29, 1.82) is 0 Å². The predicted molar refractivity (Wildman–Crippen MR) is 109 cm³/mol. The zero-order valence-corrected chi connectivity index (χ0v) is 17.5. The molecule has 0 radical (unpaired) electrons. The summed E-state index contributed by atoms with van der Waals surface area (Å²) in [6, 6.07) is 3.82. The zero-order chi connectivity index (χ0) is 17.1. The first-order valence-corrected chi connectivity index (χ1v) is 8.26. The molecule has 1 rings (SSSR count). The highest BCUT2D eigenvalue weighted by atomic mass is 127. The smallest absolute Gasteiger partial charge is 0.242 e. The third kappa shape index (κ3) is 11.3. The van der Waals surface area contributed by atoms with Crippen molar-refractivity contribution in [2.75, 3.05) is 19.6 Å². The van der Waals surface area contributed by atoms with Crippen LogP contribution in [0.5, 0.6) is 0 Å². The van der Waals surface area contributed by atoms with Gasteiger partial charge in [0.15, 0.2) is 5.96 Å². The molecule has 0 bridgehead atoms. The van der Waals surface area contributed by atoms with Gasteiger partial charge in [0.25, 0.3) is 0 Å². The lowest BCUT2D eigenvalue weighted by Gasteiger charge is -2.20. The van der Waals surface area contributed by atoms with E-state index in [-0.39, 0.29) is 42.0 Å². The fourth-order valence-electron chi connectivity index (χ4n) is 1.93. The summed E-state index contributed by atoms with van der Waals surface area (Å²) in [5.74, 6) is 1.50. The number of halogens is 1. The number of unbranched alkanes of at least 4 members (excludes halogenated alkanes) is 1. The largest absolute Gasteiger partial charge is 0.469 e. The number of nitrogens with zero attached hydrogens (tertiary/aromatic N) is 1. The SMILES string of the molecule is CCCCNC(=NCC(=O)NC(C)(C)C)NCCc1ccco1.I. The molecule has 0 saturated carbocycles. The molecule has 0 atom stereocenters. The minimum Gasteiger partial charge on any atom is -0.469 e. The molecule has 1 amide bonds. The van der Waals surface area contributed by atoms with E-state index in [1.54, 1.807) is 6.26 Å². The summed E-state index contributed by atoms with van der Waals surface area (Å²) >= 11 is 0. The van der Waals surface area contributed by atoms with Crippen LogP contribution in [0.15, 0.2) is 27.8 Å². The minimum absolute atomic E-state index is 0. The van der Waals surface area contributed by atoms with Crippen molar-refractivity contribution in [3.8, 4) is 0 Å². The molecule has 0 unspecified atom stereocenters. The van der Waals surface area contributed by atoms with E-state index in [4.69, 9.17) is 4.42 Å². The molecule has 6 nitrogen and oxygen atoms in total. The van der Waals surface area contributed by atoms with Gasteiger partial charge >= 0.3 is 0 Å². The maximum absolute atomic E-state index is 11.9. The van der Waals surface area contributed by atoms with Gasteiger partial charge in [-0.1, -0.05) is 13.3 Å². The predicted octanol–water partition coefficient (Wildman–Crippen LogP) is 2.69. The van der Waals surface area contributed by atoms with E-state index in [1.165, 1.54) is 0 Å². The number of rotatable bonds is 8. The molecule has 0 aliphatic heterocycles. The van der Waals surface area contributed by atoms with E-state index in [0.717, 1.165) is 31.6 Å². The number of carbonyl (C=O) groups excluding carboxylic acids is 1. The molecule has 0 aliphatic rings. The van der Waals surface area contributed by atoms with Crippen LogP contribution in [-0.2, 0) is 11.2 Å². The Hall–Kier alpha value is -1.25. The van der Waals surface area contributed by atoms with Gasteiger partial charge in [0.05, 0.1) is 6.26 Å². The second-order valence-electron chi connectivity index (χ2n) is 6.50. The number of aliphatic imine (C=N–C) groups is 1. The molecule has 1 aromatic rings. The third-order valence-electron chi connectivity index (χ3n) is 2.96. The van der Waals surface area contributed by atoms with Gasteiger partial charge in [-0.3, -0.25) is 4.79 Å². The number of nitrogens with one attached hydrogen (secondary N) is 3. The molecular weight excluding hydrogens is 419 g/mol. The lowest BCUT2D eigenvalue weighted by Crippen LogP contribution is -2.43. The van der Waals surface area contributed by atoms with E-state index in [9.17, 15) is 4.79 Å². The standard InChI is InChI=1S/C17H30N4O2.HI/c1-5-6-10-18-16(19-11-9-14-8-7-12-23-14)20-13-15(22)21-17(2,3)4;/h7-8,12H,5-6,9-11,13H2,1-4H3,(H,21,22)(H2,18,19,20);1H. The maximum atomic E-state index is 11.9. The van der Waals surface area contributed by atoms with Crippen LogP contribution in [0.2, 0.25) is 0 Å². The van der Waals surface area contributed by atoms with Gasteiger partial charge in [-0.25, -0.2) is 4.99 Å². The van der Waals surface area contributed by atoms with Crippen LogP contribution in [0.1, 0.15) is 46.3 Å². The number of furan rings is 1. The lowest BCUT2D eigenvalue weighted by molar-refractivity contribution is -0.121. The van der Waals surface area contributed by atoms with Gasteiger partial charge in [0.1, 0.15) is 12.3 Å². The Morgan fingerprint density at radius 1 is 1.25 bits per heavy atom. The van der Waals surface area contributed by atoms with Gasteiger partial charge in [0, 0.05) is 25.0 Å². The molecule has 7 heteroatoms. The number of guanidine groups is 1. The number of carbonyl (C=O) groups is 1. The highest BCUT2D eigenvalue weighted by Gasteiger charge is 2.13. The summed E-state index contributed by atoms with van der Waals surface area (Å²) in [7, 11) is 0. The molecule has 24 heavy (non-hydrogen) atoms. The van der Waals surface area contributed by atoms with Gasteiger partial charge < -0.3 is 20.4 Å². The van der Waals surface area contributed by atoms with Crippen LogP contribution in [0.4, 0.5) is 0 Å². The highest BCUT2D eigenvalue weighted by Crippen LogP contribution is 1.99. The monoisotopic (exact) mass is 450 g/mol.